The van der Waals surface area contributed by atoms with E-state index in [1.165, 1.54) is 0 Å². The van der Waals surface area contributed by atoms with Crippen molar-refractivity contribution in [2.75, 3.05) is 12.3 Å². The number of nitrogens with one attached hydrogen (secondary N) is 1. The van der Waals surface area contributed by atoms with E-state index in [1.807, 2.05) is 13.8 Å². The van der Waals surface area contributed by atoms with E-state index in [9.17, 15) is 9.59 Å². The van der Waals surface area contributed by atoms with E-state index < -0.39 is 0 Å². The van der Waals surface area contributed by atoms with Crippen molar-refractivity contribution >= 4 is 17.5 Å². The number of rotatable bonds is 4. The summed E-state index contributed by atoms with van der Waals surface area (Å²) in [6.07, 6.45) is 3.15. The number of hydrogen-bond acceptors (Lipinski definition) is 4. The summed E-state index contributed by atoms with van der Waals surface area (Å²) in [5.74, 6) is -0.883. The van der Waals surface area contributed by atoms with Crippen LogP contribution in [0.4, 0.5) is 5.69 Å². The maximum atomic E-state index is 12.6. The number of nitrogen functional groups attached to an aromatic ring is 1. The van der Waals surface area contributed by atoms with Gasteiger partial charge in [-0.3, -0.25) is 14.7 Å². The average Bonchev–Trinajstić information content (AvgIpc) is 2.80. The molecular formula is C14H23N5O2. The number of H-pyrrole nitrogens is 1. The number of nitrogens with two attached hydrogens (primary N) is 2. The molecule has 7 nitrogen and oxygen atoms in total. The first-order valence-electron chi connectivity index (χ1n) is 7.38. The van der Waals surface area contributed by atoms with Crippen LogP contribution in [-0.2, 0) is 11.2 Å². The topological polar surface area (TPSA) is 118 Å². The summed E-state index contributed by atoms with van der Waals surface area (Å²) < 4.78 is 0. The Hall–Kier alpha value is -2.05. The number of likely N-dealkylation sites (tertiary alicyclic amines) is 1. The Labute approximate surface area is 124 Å². The third-order valence-electron chi connectivity index (χ3n) is 4.13. The van der Waals surface area contributed by atoms with Crippen molar-refractivity contribution < 1.29 is 9.59 Å². The molecule has 116 valence electrons. The maximum absolute atomic E-state index is 12.6. The number of aromatic amines is 1. The highest BCUT2D eigenvalue weighted by Crippen LogP contribution is 2.25. The summed E-state index contributed by atoms with van der Waals surface area (Å²) in [6.45, 7) is 4.33. The zero-order chi connectivity index (χ0) is 15.6. The number of aromatic nitrogens is 2. The molecule has 5 N–H and O–H groups in total. The Balaban J connectivity index is 2.19. The van der Waals surface area contributed by atoms with E-state index in [0.29, 0.717) is 12.2 Å². The van der Waals surface area contributed by atoms with Gasteiger partial charge in [-0.05, 0) is 26.2 Å². The molecule has 0 aromatic carbocycles. The van der Waals surface area contributed by atoms with Gasteiger partial charge in [-0.25, -0.2) is 0 Å². The molecule has 1 aromatic heterocycles. The minimum Gasteiger partial charge on any atom is -0.395 e. The molecule has 0 aliphatic carbocycles. The third kappa shape index (κ3) is 3.01. The Morgan fingerprint density at radius 3 is 2.76 bits per heavy atom. The summed E-state index contributed by atoms with van der Waals surface area (Å²) in [5, 5.41) is 6.89. The molecule has 2 rings (SSSR count). The second kappa shape index (κ2) is 6.15. The molecule has 1 fully saturated rings. The second-order valence-corrected chi connectivity index (χ2v) is 5.70. The largest absolute Gasteiger partial charge is 0.395 e. The minimum atomic E-state index is -0.360. The van der Waals surface area contributed by atoms with Gasteiger partial charge in [0, 0.05) is 12.6 Å². The maximum Gasteiger partial charge on any atom is 0.276 e. The highest BCUT2D eigenvalue weighted by Gasteiger charge is 2.34. The number of hydrogen-bond donors (Lipinski definition) is 3. The molecule has 0 bridgehead atoms. The lowest BCUT2D eigenvalue weighted by atomic mass is 9.92. The lowest BCUT2D eigenvalue weighted by molar-refractivity contribution is -0.123. The van der Waals surface area contributed by atoms with Gasteiger partial charge in [0.1, 0.15) is 0 Å². The molecule has 21 heavy (non-hydrogen) atoms. The summed E-state index contributed by atoms with van der Waals surface area (Å²) >= 11 is 0. The van der Waals surface area contributed by atoms with Crippen LogP contribution < -0.4 is 11.5 Å². The monoisotopic (exact) mass is 293 g/mol. The lowest BCUT2D eigenvalue weighted by Crippen LogP contribution is -2.48. The summed E-state index contributed by atoms with van der Waals surface area (Å²) in [5.41, 5.74) is 12.8. The molecule has 2 amide bonds. The van der Waals surface area contributed by atoms with Gasteiger partial charge < -0.3 is 16.4 Å². The first-order valence-corrected chi connectivity index (χ1v) is 7.38. The van der Waals surface area contributed by atoms with E-state index in [1.54, 1.807) is 4.90 Å². The molecule has 1 saturated heterocycles. The molecule has 1 aromatic rings. The normalized spacial score (nSPS) is 22.3. The summed E-state index contributed by atoms with van der Waals surface area (Å²) in [7, 11) is 0. The molecule has 2 heterocycles. The van der Waals surface area contributed by atoms with Crippen LogP contribution in [0.2, 0.25) is 0 Å². The standard InChI is InChI=1S/C14H23N5O2/c1-3-4-10-11(15)12(18-17-10)14(21)19-7-9(13(16)20)6-5-8(19)2/h8-9H,3-7,15H2,1-2H3,(H2,16,20)(H,17,18). The smallest absolute Gasteiger partial charge is 0.276 e. The van der Waals surface area contributed by atoms with Crippen molar-refractivity contribution in [3.8, 4) is 0 Å². The second-order valence-electron chi connectivity index (χ2n) is 5.70. The zero-order valence-electron chi connectivity index (χ0n) is 12.6. The lowest BCUT2D eigenvalue weighted by Gasteiger charge is -2.36. The van der Waals surface area contributed by atoms with Crippen LogP contribution in [0.25, 0.3) is 0 Å². The quantitative estimate of drug-likeness (QED) is 0.756. The molecule has 0 saturated carbocycles. The summed E-state index contributed by atoms with van der Waals surface area (Å²) in [6, 6.07) is 0.0545. The number of nitrogens with zero attached hydrogens (tertiary/aromatic N) is 2. The molecule has 1 aliphatic rings. The van der Waals surface area contributed by atoms with Crippen molar-refractivity contribution in [3.63, 3.8) is 0 Å². The number of amides is 2. The van der Waals surface area contributed by atoms with Crippen LogP contribution >= 0.6 is 0 Å². The number of piperidine rings is 1. The first-order chi connectivity index (χ1) is 9.95. The molecular weight excluding hydrogens is 270 g/mol. The fourth-order valence-corrected chi connectivity index (χ4v) is 2.75. The predicted molar refractivity (Wildman–Crippen MR) is 79.4 cm³/mol. The Kier molecular flexibility index (Phi) is 4.50. The zero-order valence-corrected chi connectivity index (χ0v) is 12.6. The van der Waals surface area contributed by atoms with Gasteiger partial charge in [0.05, 0.1) is 17.3 Å². The van der Waals surface area contributed by atoms with Crippen LogP contribution in [0.1, 0.15) is 49.3 Å². The SMILES string of the molecule is CCCc1[nH]nc(C(=O)N2CC(C(N)=O)CCC2C)c1N. The van der Waals surface area contributed by atoms with E-state index in [2.05, 4.69) is 10.2 Å². The number of primary amides is 1. The van der Waals surface area contributed by atoms with Crippen molar-refractivity contribution in [2.24, 2.45) is 11.7 Å². The van der Waals surface area contributed by atoms with E-state index in [0.717, 1.165) is 31.4 Å². The van der Waals surface area contributed by atoms with Crippen LogP contribution in [0.5, 0.6) is 0 Å². The Morgan fingerprint density at radius 1 is 1.43 bits per heavy atom. The van der Waals surface area contributed by atoms with Gasteiger partial charge in [-0.15, -0.1) is 0 Å². The molecule has 2 unspecified atom stereocenters. The van der Waals surface area contributed by atoms with Gasteiger partial charge in [0.2, 0.25) is 5.91 Å². The Morgan fingerprint density at radius 2 is 2.14 bits per heavy atom. The third-order valence-corrected chi connectivity index (χ3v) is 4.13. The fraction of sp³-hybridized carbons (Fsp3) is 0.643. The molecule has 7 heteroatoms. The number of aryl methyl sites for hydroxylation is 1. The molecule has 1 aliphatic heterocycles. The van der Waals surface area contributed by atoms with Crippen LogP contribution in [0.3, 0.4) is 0 Å². The van der Waals surface area contributed by atoms with Gasteiger partial charge >= 0.3 is 0 Å². The van der Waals surface area contributed by atoms with Gasteiger partial charge in [0.25, 0.3) is 5.91 Å². The van der Waals surface area contributed by atoms with Gasteiger partial charge in [-0.1, -0.05) is 13.3 Å². The van der Waals surface area contributed by atoms with E-state index in [-0.39, 0.29) is 29.5 Å². The highest BCUT2D eigenvalue weighted by atomic mass is 16.2. The van der Waals surface area contributed by atoms with E-state index in [4.69, 9.17) is 11.5 Å². The fourth-order valence-electron chi connectivity index (χ4n) is 2.75. The van der Waals surface area contributed by atoms with Crippen LogP contribution in [-0.4, -0.2) is 39.5 Å². The number of anilines is 1. The number of carbonyl (C=O) groups excluding carboxylic acids is 2. The van der Waals surface area contributed by atoms with Crippen molar-refractivity contribution in [2.45, 2.75) is 45.6 Å². The van der Waals surface area contributed by atoms with Crippen molar-refractivity contribution in [1.82, 2.24) is 15.1 Å². The van der Waals surface area contributed by atoms with Crippen molar-refractivity contribution in [3.05, 3.63) is 11.4 Å². The van der Waals surface area contributed by atoms with Crippen LogP contribution in [0.15, 0.2) is 0 Å². The minimum absolute atomic E-state index is 0.0545. The molecule has 0 radical (unpaired) electrons. The average molecular weight is 293 g/mol. The first kappa shape index (κ1) is 15.3. The number of carbonyl (C=O) groups is 2. The highest BCUT2D eigenvalue weighted by molar-refractivity contribution is 5.98. The summed E-state index contributed by atoms with van der Waals surface area (Å²) in [4.78, 5) is 25.6. The Bertz CT molecular complexity index is 539. The van der Waals surface area contributed by atoms with Crippen molar-refractivity contribution in [1.29, 1.82) is 0 Å². The van der Waals surface area contributed by atoms with E-state index >= 15 is 0 Å². The predicted octanol–water partition coefficient (Wildman–Crippen LogP) is 0.670. The van der Waals surface area contributed by atoms with Crippen LogP contribution in [0, 0.1) is 5.92 Å². The molecule has 2 atom stereocenters. The van der Waals surface area contributed by atoms with Gasteiger partial charge in [0.15, 0.2) is 5.69 Å². The van der Waals surface area contributed by atoms with Gasteiger partial charge in [-0.2, -0.15) is 5.10 Å². The molecule has 0 spiro atoms.